The van der Waals surface area contributed by atoms with Gasteiger partial charge in [-0.15, -0.1) is 0 Å². The van der Waals surface area contributed by atoms with Crippen LogP contribution in [0.5, 0.6) is 5.75 Å². The third-order valence-electron chi connectivity index (χ3n) is 2.22. The van der Waals surface area contributed by atoms with E-state index >= 15 is 0 Å². The lowest BCUT2D eigenvalue weighted by Gasteiger charge is -2.13. The molecule has 1 rings (SSSR count). The fraction of sp³-hybridized carbons (Fsp3) is 0.500. The summed E-state index contributed by atoms with van der Waals surface area (Å²) < 4.78 is 5.57. The number of hydrogen-bond donors (Lipinski definition) is 1. The average Bonchev–Trinajstić information content (AvgIpc) is 2.18. The molecule has 0 amide bonds. The Kier molecular flexibility index (Phi) is 3.96. The van der Waals surface area contributed by atoms with Crippen molar-refractivity contribution in [3.8, 4) is 5.75 Å². The number of ether oxygens (including phenoxy) is 1. The van der Waals surface area contributed by atoms with E-state index in [4.69, 9.17) is 10.5 Å². The fourth-order valence-corrected chi connectivity index (χ4v) is 1.21. The van der Waals surface area contributed by atoms with Gasteiger partial charge < -0.3 is 10.5 Å². The number of nitrogens with two attached hydrogens (primary N) is 1. The molecule has 0 aliphatic carbocycles. The first-order chi connectivity index (χ1) is 6.63. The maximum atomic E-state index is 5.57. The molecule has 0 aliphatic rings. The van der Waals surface area contributed by atoms with E-state index in [1.165, 1.54) is 5.56 Å². The van der Waals surface area contributed by atoms with Crippen LogP contribution in [0.4, 0.5) is 0 Å². The van der Waals surface area contributed by atoms with Crippen LogP contribution in [-0.4, -0.2) is 12.6 Å². The summed E-state index contributed by atoms with van der Waals surface area (Å²) in [6.07, 6.45) is 0.0832. The average molecular weight is 193 g/mol. The van der Waals surface area contributed by atoms with Crippen molar-refractivity contribution in [1.29, 1.82) is 0 Å². The number of hydrogen-bond acceptors (Lipinski definition) is 2. The molecular formula is C12H19NO. The van der Waals surface area contributed by atoms with Gasteiger partial charge in [0.25, 0.3) is 0 Å². The first-order valence-corrected chi connectivity index (χ1v) is 5.10. The minimum Gasteiger partial charge on any atom is -0.489 e. The lowest BCUT2D eigenvalue weighted by atomic mass is 10.0. The zero-order valence-electron chi connectivity index (χ0n) is 9.16. The van der Waals surface area contributed by atoms with Crippen LogP contribution in [0.25, 0.3) is 0 Å². The highest BCUT2D eigenvalue weighted by Crippen LogP contribution is 2.19. The van der Waals surface area contributed by atoms with Crippen LogP contribution in [0.1, 0.15) is 32.3 Å². The van der Waals surface area contributed by atoms with Gasteiger partial charge in [-0.1, -0.05) is 26.0 Å². The Morgan fingerprint density at radius 2 is 1.71 bits per heavy atom. The molecule has 0 spiro atoms. The molecule has 0 aromatic heterocycles. The maximum absolute atomic E-state index is 5.57. The van der Waals surface area contributed by atoms with Gasteiger partial charge in [-0.2, -0.15) is 0 Å². The zero-order chi connectivity index (χ0) is 10.6. The van der Waals surface area contributed by atoms with Crippen molar-refractivity contribution in [1.82, 2.24) is 0 Å². The van der Waals surface area contributed by atoms with Gasteiger partial charge in [0.1, 0.15) is 11.9 Å². The van der Waals surface area contributed by atoms with Crippen LogP contribution < -0.4 is 10.5 Å². The topological polar surface area (TPSA) is 35.2 Å². The molecular weight excluding hydrogens is 174 g/mol. The van der Waals surface area contributed by atoms with E-state index in [9.17, 15) is 0 Å². The van der Waals surface area contributed by atoms with Crippen LogP contribution in [0, 0.1) is 0 Å². The Morgan fingerprint density at radius 3 is 2.14 bits per heavy atom. The summed E-state index contributed by atoms with van der Waals surface area (Å²) in [5.74, 6) is 1.46. The predicted octanol–water partition coefficient (Wildman–Crippen LogP) is 2.54. The maximum Gasteiger partial charge on any atom is 0.119 e. The quantitative estimate of drug-likeness (QED) is 0.797. The van der Waals surface area contributed by atoms with Crippen molar-refractivity contribution in [2.24, 2.45) is 5.73 Å². The normalized spacial score (nSPS) is 12.9. The van der Waals surface area contributed by atoms with Crippen LogP contribution >= 0.6 is 0 Å². The lowest BCUT2D eigenvalue weighted by molar-refractivity contribution is 0.230. The summed E-state index contributed by atoms with van der Waals surface area (Å²) in [6.45, 7) is 6.87. The molecule has 78 valence electrons. The minimum atomic E-state index is 0.0832. The van der Waals surface area contributed by atoms with Crippen molar-refractivity contribution in [2.75, 3.05) is 6.54 Å². The van der Waals surface area contributed by atoms with E-state index in [0.717, 1.165) is 5.75 Å². The Bertz CT molecular complexity index is 266. The zero-order valence-corrected chi connectivity index (χ0v) is 9.16. The summed E-state index contributed by atoms with van der Waals surface area (Å²) in [5, 5.41) is 0. The molecule has 0 heterocycles. The van der Waals surface area contributed by atoms with Gasteiger partial charge in [0.2, 0.25) is 0 Å². The lowest BCUT2D eigenvalue weighted by Crippen LogP contribution is -2.22. The molecule has 2 N–H and O–H groups in total. The predicted molar refractivity (Wildman–Crippen MR) is 59.7 cm³/mol. The van der Waals surface area contributed by atoms with Crippen LogP contribution in [0.15, 0.2) is 24.3 Å². The molecule has 2 heteroatoms. The third-order valence-corrected chi connectivity index (χ3v) is 2.22. The van der Waals surface area contributed by atoms with Crippen molar-refractivity contribution in [2.45, 2.75) is 32.8 Å². The second-order valence-electron chi connectivity index (χ2n) is 3.89. The molecule has 1 atom stereocenters. The van der Waals surface area contributed by atoms with E-state index in [2.05, 4.69) is 26.0 Å². The van der Waals surface area contributed by atoms with E-state index in [-0.39, 0.29) is 6.10 Å². The summed E-state index contributed by atoms with van der Waals surface area (Å²) in [7, 11) is 0. The molecule has 0 saturated heterocycles. The largest absolute Gasteiger partial charge is 0.489 e. The second kappa shape index (κ2) is 5.01. The number of rotatable bonds is 4. The van der Waals surface area contributed by atoms with Crippen molar-refractivity contribution in [3.05, 3.63) is 29.8 Å². The number of benzene rings is 1. The highest BCUT2D eigenvalue weighted by Gasteiger charge is 2.02. The summed E-state index contributed by atoms with van der Waals surface area (Å²) >= 11 is 0. The van der Waals surface area contributed by atoms with Gasteiger partial charge >= 0.3 is 0 Å². The summed E-state index contributed by atoms with van der Waals surface area (Å²) in [5.41, 5.74) is 6.80. The summed E-state index contributed by atoms with van der Waals surface area (Å²) in [4.78, 5) is 0. The molecule has 1 aromatic rings. The second-order valence-corrected chi connectivity index (χ2v) is 3.89. The molecule has 0 aliphatic heterocycles. The highest BCUT2D eigenvalue weighted by molar-refractivity contribution is 5.29. The first kappa shape index (κ1) is 11.1. The van der Waals surface area contributed by atoms with Crippen LogP contribution in [-0.2, 0) is 0 Å². The minimum absolute atomic E-state index is 0.0832. The highest BCUT2D eigenvalue weighted by atomic mass is 16.5. The smallest absolute Gasteiger partial charge is 0.119 e. The molecule has 14 heavy (non-hydrogen) atoms. The van der Waals surface area contributed by atoms with Crippen LogP contribution in [0.2, 0.25) is 0 Å². The van der Waals surface area contributed by atoms with Crippen molar-refractivity contribution < 1.29 is 4.74 Å². The molecule has 0 radical (unpaired) electrons. The van der Waals surface area contributed by atoms with Gasteiger partial charge in [0.15, 0.2) is 0 Å². The first-order valence-electron chi connectivity index (χ1n) is 5.10. The third kappa shape index (κ3) is 3.04. The molecule has 0 saturated carbocycles. The van der Waals surface area contributed by atoms with Crippen molar-refractivity contribution >= 4 is 0 Å². The Balaban J connectivity index is 2.64. The van der Waals surface area contributed by atoms with Gasteiger partial charge in [0.05, 0.1) is 0 Å². The standard InChI is InChI=1S/C12H19NO/c1-9(2)11-4-6-12(7-5-11)14-10(3)8-13/h4-7,9-10H,8,13H2,1-3H3/t10-/m0/s1. The Morgan fingerprint density at radius 1 is 1.14 bits per heavy atom. The monoisotopic (exact) mass is 193 g/mol. The van der Waals surface area contributed by atoms with Crippen LogP contribution in [0.3, 0.4) is 0 Å². The van der Waals surface area contributed by atoms with Crippen molar-refractivity contribution in [3.63, 3.8) is 0 Å². The van der Waals surface area contributed by atoms with Gasteiger partial charge in [0, 0.05) is 6.54 Å². The molecule has 2 nitrogen and oxygen atoms in total. The Labute approximate surface area is 86.1 Å². The Hall–Kier alpha value is -1.02. The van der Waals surface area contributed by atoms with E-state index < -0.39 is 0 Å². The van der Waals surface area contributed by atoms with Gasteiger partial charge in [-0.05, 0) is 30.5 Å². The molecule has 0 bridgehead atoms. The van der Waals surface area contributed by atoms with E-state index in [1.54, 1.807) is 0 Å². The van der Waals surface area contributed by atoms with E-state index in [1.807, 2.05) is 19.1 Å². The SMILES string of the molecule is CC(C)c1ccc(O[C@@H](C)CN)cc1. The fourth-order valence-electron chi connectivity index (χ4n) is 1.21. The van der Waals surface area contributed by atoms with E-state index in [0.29, 0.717) is 12.5 Å². The van der Waals surface area contributed by atoms with Gasteiger partial charge in [-0.3, -0.25) is 0 Å². The molecule has 0 fully saturated rings. The molecule has 1 aromatic carbocycles. The summed E-state index contributed by atoms with van der Waals surface area (Å²) in [6, 6.07) is 8.20. The molecule has 0 unspecified atom stereocenters. The van der Waals surface area contributed by atoms with Gasteiger partial charge in [-0.25, -0.2) is 0 Å².